The fourth-order valence-corrected chi connectivity index (χ4v) is 1.60. The van der Waals surface area contributed by atoms with Crippen molar-refractivity contribution in [2.45, 2.75) is 13.5 Å². The Morgan fingerprint density at radius 2 is 2.24 bits per heavy atom. The molecule has 1 aromatic rings. The fourth-order valence-electron chi connectivity index (χ4n) is 1.60. The maximum atomic E-state index is 5.68. The van der Waals surface area contributed by atoms with Crippen LogP contribution in [-0.4, -0.2) is 26.9 Å². The van der Waals surface area contributed by atoms with Gasteiger partial charge >= 0.3 is 0 Å². The standard InChI is InChI=1S/C14H21NO2/c1-4-9-17-14-12(2)6-5-7-13(14)11-15-8-10-16-3/h4-7,15H,1,8-11H2,2-3H3. The Kier molecular flexibility index (Phi) is 6.37. The Morgan fingerprint density at radius 1 is 1.41 bits per heavy atom. The molecule has 0 atom stereocenters. The Bertz CT molecular complexity index is 350. The molecule has 1 aromatic carbocycles. The average Bonchev–Trinajstić information content (AvgIpc) is 2.34. The lowest BCUT2D eigenvalue weighted by Gasteiger charge is -2.13. The third-order valence-corrected chi connectivity index (χ3v) is 2.44. The van der Waals surface area contributed by atoms with Gasteiger partial charge in [-0.15, -0.1) is 0 Å². The van der Waals surface area contributed by atoms with Crippen molar-refractivity contribution in [1.29, 1.82) is 0 Å². The first-order valence-corrected chi connectivity index (χ1v) is 5.81. The van der Waals surface area contributed by atoms with Gasteiger partial charge in [0, 0.05) is 25.8 Å². The minimum atomic E-state index is 0.538. The molecule has 0 aliphatic heterocycles. The molecule has 0 aliphatic carbocycles. The van der Waals surface area contributed by atoms with E-state index < -0.39 is 0 Å². The van der Waals surface area contributed by atoms with Gasteiger partial charge in [-0.05, 0) is 12.5 Å². The highest BCUT2D eigenvalue weighted by Crippen LogP contribution is 2.23. The highest BCUT2D eigenvalue weighted by Gasteiger charge is 2.05. The molecule has 3 nitrogen and oxygen atoms in total. The van der Waals surface area contributed by atoms with Gasteiger partial charge in [0.15, 0.2) is 0 Å². The Balaban J connectivity index is 2.62. The van der Waals surface area contributed by atoms with Gasteiger partial charge in [-0.25, -0.2) is 0 Å². The Hall–Kier alpha value is -1.32. The predicted octanol–water partition coefficient (Wildman–Crippen LogP) is 2.30. The number of benzene rings is 1. The van der Waals surface area contributed by atoms with Gasteiger partial charge in [0.25, 0.3) is 0 Å². The van der Waals surface area contributed by atoms with Crippen molar-refractivity contribution < 1.29 is 9.47 Å². The molecular weight excluding hydrogens is 214 g/mol. The molecule has 0 aliphatic rings. The van der Waals surface area contributed by atoms with Crippen LogP contribution in [0.3, 0.4) is 0 Å². The molecule has 0 heterocycles. The smallest absolute Gasteiger partial charge is 0.127 e. The summed E-state index contributed by atoms with van der Waals surface area (Å²) in [5, 5.41) is 3.32. The van der Waals surface area contributed by atoms with E-state index in [1.165, 1.54) is 5.56 Å². The first-order chi connectivity index (χ1) is 8.29. The lowest BCUT2D eigenvalue weighted by atomic mass is 10.1. The lowest BCUT2D eigenvalue weighted by Crippen LogP contribution is -2.19. The van der Waals surface area contributed by atoms with Crippen LogP contribution in [0.5, 0.6) is 5.75 Å². The van der Waals surface area contributed by atoms with E-state index in [9.17, 15) is 0 Å². The van der Waals surface area contributed by atoms with Crippen LogP contribution in [0, 0.1) is 6.92 Å². The molecule has 0 saturated heterocycles. The quantitative estimate of drug-likeness (QED) is 0.554. The summed E-state index contributed by atoms with van der Waals surface area (Å²) in [6.45, 7) is 8.60. The van der Waals surface area contributed by atoms with Gasteiger partial charge in [0.1, 0.15) is 12.4 Å². The van der Waals surface area contributed by atoms with Gasteiger partial charge in [-0.2, -0.15) is 0 Å². The summed E-state index contributed by atoms with van der Waals surface area (Å²) in [5.41, 5.74) is 2.32. The van der Waals surface area contributed by atoms with Crippen molar-refractivity contribution in [2.24, 2.45) is 0 Å². The molecule has 0 amide bonds. The summed E-state index contributed by atoms with van der Waals surface area (Å²) in [6.07, 6.45) is 1.76. The van der Waals surface area contributed by atoms with E-state index in [4.69, 9.17) is 9.47 Å². The van der Waals surface area contributed by atoms with E-state index in [-0.39, 0.29) is 0 Å². The van der Waals surface area contributed by atoms with Crippen LogP contribution in [0.25, 0.3) is 0 Å². The molecule has 0 radical (unpaired) electrons. The van der Waals surface area contributed by atoms with Crippen LogP contribution < -0.4 is 10.1 Å². The molecule has 0 saturated carbocycles. The zero-order valence-electron chi connectivity index (χ0n) is 10.7. The third kappa shape index (κ3) is 4.59. The number of hydrogen-bond acceptors (Lipinski definition) is 3. The second-order valence-electron chi connectivity index (χ2n) is 3.83. The molecule has 0 spiro atoms. The van der Waals surface area contributed by atoms with Crippen molar-refractivity contribution in [2.75, 3.05) is 26.9 Å². The molecule has 17 heavy (non-hydrogen) atoms. The first-order valence-electron chi connectivity index (χ1n) is 5.81. The van der Waals surface area contributed by atoms with E-state index in [1.807, 2.05) is 6.07 Å². The minimum absolute atomic E-state index is 0.538. The second-order valence-corrected chi connectivity index (χ2v) is 3.83. The normalized spacial score (nSPS) is 10.2. The molecule has 0 fully saturated rings. The van der Waals surface area contributed by atoms with Gasteiger partial charge in [0.05, 0.1) is 6.61 Å². The topological polar surface area (TPSA) is 30.5 Å². The maximum Gasteiger partial charge on any atom is 0.127 e. The van der Waals surface area contributed by atoms with Gasteiger partial charge in [-0.3, -0.25) is 0 Å². The third-order valence-electron chi connectivity index (χ3n) is 2.44. The summed E-state index contributed by atoms with van der Waals surface area (Å²) in [7, 11) is 1.70. The van der Waals surface area contributed by atoms with Crippen molar-refractivity contribution >= 4 is 0 Å². The van der Waals surface area contributed by atoms with Crippen LogP contribution in [-0.2, 0) is 11.3 Å². The van der Waals surface area contributed by atoms with E-state index >= 15 is 0 Å². The van der Waals surface area contributed by atoms with E-state index in [0.29, 0.717) is 13.2 Å². The average molecular weight is 235 g/mol. The van der Waals surface area contributed by atoms with Gasteiger partial charge in [0.2, 0.25) is 0 Å². The molecule has 0 aromatic heterocycles. The zero-order valence-corrected chi connectivity index (χ0v) is 10.7. The summed E-state index contributed by atoms with van der Waals surface area (Å²) in [5.74, 6) is 0.956. The predicted molar refractivity (Wildman–Crippen MR) is 70.5 cm³/mol. The number of ether oxygens (including phenoxy) is 2. The number of hydrogen-bond donors (Lipinski definition) is 1. The second kappa shape index (κ2) is 7.87. The SMILES string of the molecule is C=CCOc1c(C)cccc1CNCCOC. The number of nitrogens with one attached hydrogen (secondary N) is 1. The molecule has 0 unspecified atom stereocenters. The summed E-state index contributed by atoms with van der Waals surface area (Å²) >= 11 is 0. The minimum Gasteiger partial charge on any atom is -0.489 e. The molecular formula is C14H21NO2. The Labute approximate surface area is 103 Å². The number of para-hydroxylation sites is 1. The molecule has 1 N–H and O–H groups in total. The molecule has 3 heteroatoms. The lowest BCUT2D eigenvalue weighted by molar-refractivity contribution is 0.199. The highest BCUT2D eigenvalue weighted by atomic mass is 16.5. The monoisotopic (exact) mass is 235 g/mol. The summed E-state index contributed by atoms with van der Waals surface area (Å²) in [6, 6.07) is 6.17. The molecule has 1 rings (SSSR count). The van der Waals surface area contributed by atoms with Crippen molar-refractivity contribution in [3.8, 4) is 5.75 Å². The van der Waals surface area contributed by atoms with Gasteiger partial charge in [-0.1, -0.05) is 30.9 Å². The highest BCUT2D eigenvalue weighted by molar-refractivity contribution is 5.40. The first kappa shape index (κ1) is 13.7. The molecule has 0 bridgehead atoms. The number of rotatable bonds is 8. The van der Waals surface area contributed by atoms with Gasteiger partial charge < -0.3 is 14.8 Å². The maximum absolute atomic E-state index is 5.68. The summed E-state index contributed by atoms with van der Waals surface area (Å²) < 4.78 is 10.7. The van der Waals surface area contributed by atoms with Crippen molar-refractivity contribution in [3.63, 3.8) is 0 Å². The van der Waals surface area contributed by atoms with Crippen LogP contribution in [0.4, 0.5) is 0 Å². The van der Waals surface area contributed by atoms with E-state index in [2.05, 4.69) is 31.0 Å². The van der Waals surface area contributed by atoms with E-state index in [0.717, 1.165) is 24.4 Å². The van der Waals surface area contributed by atoms with Crippen LogP contribution in [0.15, 0.2) is 30.9 Å². The number of aryl methyl sites for hydroxylation is 1. The van der Waals surface area contributed by atoms with Crippen LogP contribution >= 0.6 is 0 Å². The Morgan fingerprint density at radius 3 is 2.94 bits per heavy atom. The zero-order chi connectivity index (χ0) is 12.5. The van der Waals surface area contributed by atoms with Crippen LogP contribution in [0.1, 0.15) is 11.1 Å². The number of methoxy groups -OCH3 is 1. The van der Waals surface area contributed by atoms with Crippen molar-refractivity contribution in [1.82, 2.24) is 5.32 Å². The largest absolute Gasteiger partial charge is 0.489 e. The van der Waals surface area contributed by atoms with Crippen LogP contribution in [0.2, 0.25) is 0 Å². The fraction of sp³-hybridized carbons (Fsp3) is 0.429. The van der Waals surface area contributed by atoms with Crippen molar-refractivity contribution in [3.05, 3.63) is 42.0 Å². The van der Waals surface area contributed by atoms with E-state index in [1.54, 1.807) is 13.2 Å². The summed E-state index contributed by atoms with van der Waals surface area (Å²) in [4.78, 5) is 0. The molecule has 94 valence electrons.